The lowest BCUT2D eigenvalue weighted by atomic mass is 10.0. The number of hydrogen-bond acceptors (Lipinski definition) is 10. The van der Waals surface area contributed by atoms with Crippen LogP contribution in [-0.4, -0.2) is 69.2 Å². The van der Waals surface area contributed by atoms with Gasteiger partial charge in [0.25, 0.3) is 5.69 Å². The topological polar surface area (TPSA) is 164 Å². The smallest absolute Gasteiger partial charge is 0.269 e. The quantitative estimate of drug-likeness (QED) is 0.213. The lowest BCUT2D eigenvalue weighted by Crippen LogP contribution is -2.44. The van der Waals surface area contributed by atoms with E-state index in [1.54, 1.807) is 7.05 Å². The van der Waals surface area contributed by atoms with Gasteiger partial charge in [-0.15, -0.1) is 0 Å². The minimum atomic E-state index is -1.72. The van der Waals surface area contributed by atoms with Gasteiger partial charge in [-0.25, -0.2) is 0 Å². The van der Waals surface area contributed by atoms with E-state index >= 15 is 0 Å². The molecule has 30 heavy (non-hydrogen) atoms. The monoisotopic (exact) mass is 417 g/mol. The summed E-state index contributed by atoms with van der Waals surface area (Å²) in [5, 5.41) is 59.4. The van der Waals surface area contributed by atoms with Crippen LogP contribution in [0.3, 0.4) is 0 Å². The maximum Gasteiger partial charge on any atom is 0.269 e. The Kier molecular flexibility index (Phi) is 8.38. The zero-order chi connectivity index (χ0) is 22.1. The molecule has 2 aromatic rings. The Morgan fingerprint density at radius 1 is 1.17 bits per heavy atom. The van der Waals surface area contributed by atoms with Crippen molar-refractivity contribution in [2.75, 3.05) is 24.1 Å². The van der Waals surface area contributed by atoms with Crippen LogP contribution in [0.5, 0.6) is 0 Å². The van der Waals surface area contributed by atoms with Gasteiger partial charge in [0.1, 0.15) is 24.0 Å². The average Bonchev–Trinajstić information content (AvgIpc) is 2.78. The number of nitro groups is 1. The van der Waals surface area contributed by atoms with E-state index < -0.39 is 29.8 Å². The van der Waals surface area contributed by atoms with Crippen LogP contribution in [0.4, 0.5) is 17.1 Å². The molecule has 160 valence electrons. The van der Waals surface area contributed by atoms with Gasteiger partial charge >= 0.3 is 0 Å². The second-order valence-electron chi connectivity index (χ2n) is 6.24. The van der Waals surface area contributed by atoms with Crippen molar-refractivity contribution in [1.82, 2.24) is 0 Å². The van der Waals surface area contributed by atoms with Crippen molar-refractivity contribution in [3.05, 3.63) is 64.7 Å². The summed E-state index contributed by atoms with van der Waals surface area (Å²) in [5.74, 6) is 0. The van der Waals surface area contributed by atoms with Gasteiger partial charge in [0.05, 0.1) is 29.1 Å². The van der Waals surface area contributed by atoms with Crippen LogP contribution in [0.1, 0.15) is 0 Å². The fourth-order valence-electron chi connectivity index (χ4n) is 2.31. The zero-order valence-electron chi connectivity index (χ0n) is 16.1. The number of nitro benzene ring substituents is 1. The molecular formula is C19H23N5O6. The second kappa shape index (κ2) is 11.0. The number of anilines is 2. The number of aliphatic hydroxyl groups is 4. The lowest BCUT2D eigenvalue weighted by Gasteiger charge is -2.21. The molecule has 0 saturated carbocycles. The Hall–Kier alpha value is -3.38. The van der Waals surface area contributed by atoms with E-state index in [1.165, 1.54) is 35.5 Å². The van der Waals surface area contributed by atoms with Crippen LogP contribution in [-0.2, 0) is 0 Å². The molecule has 0 radical (unpaired) electrons. The molecule has 2 aromatic carbocycles. The van der Waals surface area contributed by atoms with E-state index in [1.807, 2.05) is 30.3 Å². The van der Waals surface area contributed by atoms with Crippen LogP contribution in [0.2, 0.25) is 0 Å². The number of rotatable bonds is 10. The number of hydrogen-bond donors (Lipinski definition) is 5. The number of nitrogens with one attached hydrogen (secondary N) is 1. The maximum atomic E-state index is 10.7. The summed E-state index contributed by atoms with van der Waals surface area (Å²) in [6.45, 7) is -0.762. The SMILES string of the molecule is CN(/N=C\C(=N\Nc1ccc([N+](=O)[O-])cc1)[C@@H](O)[C@@H](O)[C@H](O)CO)c1ccccc1. The Balaban J connectivity index is 2.24. The molecule has 11 nitrogen and oxygen atoms in total. The summed E-state index contributed by atoms with van der Waals surface area (Å²) in [7, 11) is 1.67. The first-order valence-electron chi connectivity index (χ1n) is 8.89. The number of nitrogens with zero attached hydrogens (tertiary/aromatic N) is 4. The predicted octanol–water partition coefficient (Wildman–Crippen LogP) is 0.560. The van der Waals surface area contributed by atoms with Crippen molar-refractivity contribution >= 4 is 29.0 Å². The first kappa shape index (κ1) is 22.9. The molecule has 0 aliphatic carbocycles. The van der Waals surface area contributed by atoms with Gasteiger partial charge < -0.3 is 20.4 Å². The molecule has 0 aliphatic heterocycles. The number of hydrazone groups is 2. The van der Waals surface area contributed by atoms with Crippen molar-refractivity contribution in [2.45, 2.75) is 18.3 Å². The van der Waals surface area contributed by atoms with Gasteiger partial charge in [-0.05, 0) is 24.3 Å². The zero-order valence-corrected chi connectivity index (χ0v) is 16.1. The average molecular weight is 417 g/mol. The summed E-state index contributed by atoms with van der Waals surface area (Å²) in [6, 6.07) is 14.5. The highest BCUT2D eigenvalue weighted by molar-refractivity contribution is 6.33. The van der Waals surface area contributed by atoms with Crippen LogP contribution >= 0.6 is 0 Å². The van der Waals surface area contributed by atoms with Crippen LogP contribution in [0, 0.1) is 10.1 Å². The Labute approximate surface area is 172 Å². The summed E-state index contributed by atoms with van der Waals surface area (Å²) in [6.07, 6.45) is -3.81. The number of para-hydroxylation sites is 1. The Morgan fingerprint density at radius 3 is 2.37 bits per heavy atom. The van der Waals surface area contributed by atoms with Crippen molar-refractivity contribution in [1.29, 1.82) is 0 Å². The number of aliphatic hydroxyl groups excluding tert-OH is 4. The summed E-state index contributed by atoms with van der Waals surface area (Å²) in [4.78, 5) is 10.2. The van der Waals surface area contributed by atoms with Crippen molar-refractivity contribution in [3.8, 4) is 0 Å². The first-order chi connectivity index (χ1) is 14.3. The fourth-order valence-corrected chi connectivity index (χ4v) is 2.31. The van der Waals surface area contributed by atoms with Gasteiger partial charge in [0, 0.05) is 19.2 Å². The highest BCUT2D eigenvalue weighted by Crippen LogP contribution is 2.16. The van der Waals surface area contributed by atoms with E-state index in [4.69, 9.17) is 5.11 Å². The minimum Gasteiger partial charge on any atom is -0.394 e. The highest BCUT2D eigenvalue weighted by Gasteiger charge is 2.28. The van der Waals surface area contributed by atoms with E-state index in [-0.39, 0.29) is 11.4 Å². The maximum absolute atomic E-state index is 10.7. The third kappa shape index (κ3) is 6.32. The van der Waals surface area contributed by atoms with Crippen molar-refractivity contribution in [3.63, 3.8) is 0 Å². The molecule has 3 atom stereocenters. The third-order valence-corrected chi connectivity index (χ3v) is 4.09. The van der Waals surface area contributed by atoms with Gasteiger partial charge in [-0.2, -0.15) is 10.2 Å². The van der Waals surface area contributed by atoms with Gasteiger partial charge in [-0.3, -0.25) is 20.5 Å². The fraction of sp³-hybridized carbons (Fsp3) is 0.263. The Morgan fingerprint density at radius 2 is 1.80 bits per heavy atom. The molecule has 0 saturated heterocycles. The molecule has 5 N–H and O–H groups in total. The minimum absolute atomic E-state index is 0.0997. The summed E-state index contributed by atoms with van der Waals surface area (Å²) < 4.78 is 0. The lowest BCUT2D eigenvalue weighted by molar-refractivity contribution is -0.384. The normalized spacial score (nSPS) is 14.9. The van der Waals surface area contributed by atoms with Crippen LogP contribution < -0.4 is 10.4 Å². The van der Waals surface area contributed by atoms with Crippen molar-refractivity contribution in [2.24, 2.45) is 10.2 Å². The summed E-state index contributed by atoms with van der Waals surface area (Å²) in [5.41, 5.74) is 3.50. The van der Waals surface area contributed by atoms with E-state index in [2.05, 4.69) is 15.6 Å². The van der Waals surface area contributed by atoms with E-state index in [0.717, 1.165) is 5.69 Å². The number of benzene rings is 2. The molecule has 11 heteroatoms. The molecule has 0 heterocycles. The first-order valence-corrected chi connectivity index (χ1v) is 8.89. The molecule has 0 aliphatic rings. The molecule has 0 spiro atoms. The largest absolute Gasteiger partial charge is 0.394 e. The van der Waals surface area contributed by atoms with Crippen molar-refractivity contribution < 1.29 is 25.3 Å². The molecular weight excluding hydrogens is 394 g/mol. The highest BCUT2D eigenvalue weighted by atomic mass is 16.6. The predicted molar refractivity (Wildman–Crippen MR) is 113 cm³/mol. The van der Waals surface area contributed by atoms with Gasteiger partial charge in [0.15, 0.2) is 0 Å². The van der Waals surface area contributed by atoms with Crippen LogP contribution in [0.15, 0.2) is 64.8 Å². The molecule has 0 fully saturated rings. The third-order valence-electron chi connectivity index (χ3n) is 4.09. The molecule has 0 amide bonds. The van der Waals surface area contributed by atoms with Crippen LogP contribution in [0.25, 0.3) is 0 Å². The number of non-ortho nitro benzene ring substituents is 1. The van der Waals surface area contributed by atoms with E-state index in [0.29, 0.717) is 5.69 Å². The molecule has 0 aromatic heterocycles. The standard InChI is InChI=1S/C19H23N5O6/c1-23(14-5-3-2-4-6-14)20-11-16(18(27)19(28)17(26)12-25)22-21-13-7-9-15(10-8-13)24(29)30/h2-11,17-19,21,25-28H,12H2,1H3/b20-11-,22-16-/t17-,18-,19+/m1/s1. The Bertz CT molecular complexity index is 875. The van der Waals surface area contributed by atoms with Gasteiger partial charge in [-0.1, -0.05) is 18.2 Å². The summed E-state index contributed by atoms with van der Waals surface area (Å²) >= 11 is 0. The molecule has 2 rings (SSSR count). The molecule has 0 unspecified atom stereocenters. The molecule has 0 bridgehead atoms. The van der Waals surface area contributed by atoms with E-state index in [9.17, 15) is 25.4 Å². The van der Waals surface area contributed by atoms with Gasteiger partial charge in [0.2, 0.25) is 0 Å². The second-order valence-corrected chi connectivity index (χ2v) is 6.24.